The summed E-state index contributed by atoms with van der Waals surface area (Å²) < 4.78 is 33.4. The molecule has 0 fully saturated rings. The molecule has 0 aliphatic carbocycles. The number of carbonyl (C=O) groups excluding carboxylic acids is 2. The number of benzene rings is 1. The van der Waals surface area contributed by atoms with E-state index in [0.717, 1.165) is 17.7 Å². The molecule has 2 aromatic rings. The minimum Gasteiger partial charge on any atom is -0.464 e. The number of esters is 1. The molecule has 1 aliphatic rings. The summed E-state index contributed by atoms with van der Waals surface area (Å²) in [6, 6.07) is 9.01. The van der Waals surface area contributed by atoms with Crippen LogP contribution in [0.1, 0.15) is 29.4 Å². The van der Waals surface area contributed by atoms with E-state index in [4.69, 9.17) is 0 Å². The molecule has 0 saturated heterocycles. The summed E-state index contributed by atoms with van der Waals surface area (Å²) in [5.74, 6) is -0.760. The molecule has 0 bridgehead atoms. The summed E-state index contributed by atoms with van der Waals surface area (Å²) in [5, 5.41) is 0. The number of nitrogens with zero attached hydrogens (tertiary/aromatic N) is 2. The lowest BCUT2D eigenvalue weighted by Crippen LogP contribution is -2.38. The van der Waals surface area contributed by atoms with Crippen LogP contribution in [-0.2, 0) is 33.0 Å². The van der Waals surface area contributed by atoms with Crippen LogP contribution in [0.15, 0.2) is 41.4 Å². The van der Waals surface area contributed by atoms with Crippen LogP contribution in [-0.4, -0.2) is 44.6 Å². The molecule has 0 radical (unpaired) electrons. The number of rotatable bonds is 6. The van der Waals surface area contributed by atoms with Gasteiger partial charge < -0.3 is 14.2 Å². The second-order valence-corrected chi connectivity index (χ2v) is 8.52. The number of hydrogen-bond donors (Lipinski definition) is 1. The molecule has 9 heteroatoms. The smallest absolute Gasteiger partial charge is 0.354 e. The Morgan fingerprint density at radius 2 is 2.00 bits per heavy atom. The van der Waals surface area contributed by atoms with Crippen LogP contribution in [0, 0.1) is 0 Å². The van der Waals surface area contributed by atoms with Gasteiger partial charge in [-0.1, -0.05) is 18.2 Å². The second-order valence-electron chi connectivity index (χ2n) is 6.76. The first-order valence-corrected chi connectivity index (χ1v) is 10.4. The van der Waals surface area contributed by atoms with Crippen LogP contribution < -0.4 is 9.62 Å². The highest BCUT2D eigenvalue weighted by molar-refractivity contribution is 7.89. The van der Waals surface area contributed by atoms with E-state index in [-0.39, 0.29) is 35.5 Å². The molecular formula is C19H23N3O5S. The third-order valence-corrected chi connectivity index (χ3v) is 6.22. The van der Waals surface area contributed by atoms with Gasteiger partial charge in [-0.25, -0.2) is 17.9 Å². The molecule has 0 saturated carbocycles. The Balaban J connectivity index is 1.65. The third-order valence-electron chi connectivity index (χ3n) is 4.79. The van der Waals surface area contributed by atoms with Gasteiger partial charge in [0.15, 0.2) is 0 Å². The Morgan fingerprint density at radius 1 is 1.29 bits per heavy atom. The topological polar surface area (TPSA) is 97.7 Å². The number of aromatic nitrogens is 1. The first-order valence-electron chi connectivity index (χ1n) is 8.89. The number of methoxy groups -OCH3 is 1. The highest BCUT2D eigenvalue weighted by atomic mass is 32.2. The third kappa shape index (κ3) is 3.81. The fourth-order valence-corrected chi connectivity index (χ4v) is 4.53. The molecule has 1 N–H and O–H groups in total. The predicted molar refractivity (Wildman–Crippen MR) is 104 cm³/mol. The summed E-state index contributed by atoms with van der Waals surface area (Å²) in [6.45, 7) is 1.94. The van der Waals surface area contributed by atoms with Gasteiger partial charge >= 0.3 is 5.97 Å². The lowest BCUT2D eigenvalue weighted by Gasteiger charge is -2.22. The Bertz CT molecular complexity index is 1010. The molecule has 3 rings (SSSR count). The van der Waals surface area contributed by atoms with E-state index < -0.39 is 16.0 Å². The lowest BCUT2D eigenvalue weighted by molar-refractivity contribution is -0.118. The molecule has 8 nitrogen and oxygen atoms in total. The molecule has 2 heterocycles. The summed E-state index contributed by atoms with van der Waals surface area (Å²) in [6.07, 6.45) is 2.15. The first-order chi connectivity index (χ1) is 13.2. The summed E-state index contributed by atoms with van der Waals surface area (Å²) in [4.78, 5) is 26.0. The summed E-state index contributed by atoms with van der Waals surface area (Å²) in [7, 11) is -1.06. The predicted octanol–water partition coefficient (Wildman–Crippen LogP) is 1.46. The van der Waals surface area contributed by atoms with E-state index in [1.165, 1.54) is 23.9 Å². The van der Waals surface area contributed by atoms with Crippen molar-refractivity contribution >= 4 is 27.6 Å². The van der Waals surface area contributed by atoms with E-state index in [1.54, 1.807) is 11.9 Å². The molecule has 28 heavy (non-hydrogen) atoms. The van der Waals surface area contributed by atoms with Crippen molar-refractivity contribution in [1.29, 1.82) is 0 Å². The minimum atomic E-state index is -3.85. The summed E-state index contributed by atoms with van der Waals surface area (Å²) >= 11 is 0. The zero-order valence-electron chi connectivity index (χ0n) is 16.0. The lowest BCUT2D eigenvalue weighted by atomic mass is 10.1. The zero-order valence-corrected chi connectivity index (χ0v) is 16.8. The van der Waals surface area contributed by atoms with E-state index in [1.807, 2.05) is 31.2 Å². The zero-order chi connectivity index (χ0) is 20.5. The van der Waals surface area contributed by atoms with Gasteiger partial charge in [0.1, 0.15) is 10.6 Å². The van der Waals surface area contributed by atoms with Gasteiger partial charge in [0.25, 0.3) is 0 Å². The number of fused-ring (bicyclic) bond motifs is 1. The fraction of sp³-hybridized carbons (Fsp3) is 0.368. The molecular weight excluding hydrogens is 382 g/mol. The van der Waals surface area contributed by atoms with Crippen LogP contribution >= 0.6 is 0 Å². The largest absolute Gasteiger partial charge is 0.464 e. The van der Waals surface area contributed by atoms with Gasteiger partial charge in [-0.15, -0.1) is 0 Å². The SMILES string of the molecule is COC(=O)c1cc(S(=O)(=O)NCCC(=O)N2c3ccccc3CC2C)cn1C. The Labute approximate surface area is 164 Å². The van der Waals surface area contributed by atoms with Crippen molar-refractivity contribution in [2.45, 2.75) is 30.7 Å². The van der Waals surface area contributed by atoms with Crippen molar-refractivity contribution < 1.29 is 22.7 Å². The van der Waals surface area contributed by atoms with Crippen LogP contribution in [0.25, 0.3) is 0 Å². The number of aryl methyl sites for hydroxylation is 1. The van der Waals surface area contributed by atoms with Crippen molar-refractivity contribution in [3.63, 3.8) is 0 Å². The van der Waals surface area contributed by atoms with Gasteiger partial charge in [0.05, 0.1) is 7.11 Å². The quantitative estimate of drug-likeness (QED) is 0.734. The van der Waals surface area contributed by atoms with Crippen LogP contribution in [0.4, 0.5) is 5.69 Å². The molecule has 1 aliphatic heterocycles. The monoisotopic (exact) mass is 405 g/mol. The van der Waals surface area contributed by atoms with Gasteiger partial charge in [0, 0.05) is 37.9 Å². The first kappa shape index (κ1) is 20.1. The fourth-order valence-electron chi connectivity index (χ4n) is 3.43. The summed E-state index contributed by atoms with van der Waals surface area (Å²) in [5.41, 5.74) is 2.12. The maximum Gasteiger partial charge on any atom is 0.354 e. The van der Waals surface area contributed by atoms with Gasteiger partial charge in [-0.3, -0.25) is 4.79 Å². The van der Waals surface area contributed by atoms with Crippen LogP contribution in [0.2, 0.25) is 0 Å². The van der Waals surface area contributed by atoms with Crippen molar-refractivity contribution in [1.82, 2.24) is 9.29 Å². The number of ether oxygens (including phenoxy) is 1. The number of amides is 1. The number of para-hydroxylation sites is 1. The average molecular weight is 405 g/mol. The standard InChI is InChI=1S/C19H23N3O5S/c1-13-10-14-6-4-5-7-16(14)22(13)18(23)8-9-20-28(25,26)15-11-17(19(24)27-3)21(2)12-15/h4-7,11-13,20H,8-10H2,1-3H3. The van der Waals surface area contributed by atoms with E-state index in [0.29, 0.717) is 0 Å². The maximum absolute atomic E-state index is 12.7. The number of anilines is 1. The molecule has 1 aromatic carbocycles. The van der Waals surface area contributed by atoms with Crippen molar-refractivity contribution in [3.05, 3.63) is 47.8 Å². The van der Waals surface area contributed by atoms with E-state index >= 15 is 0 Å². The Kier molecular flexibility index (Phi) is 5.57. The minimum absolute atomic E-state index is 0.0327. The van der Waals surface area contributed by atoms with Gasteiger partial charge in [-0.05, 0) is 31.0 Å². The normalized spacial score (nSPS) is 16.1. The Morgan fingerprint density at radius 3 is 2.71 bits per heavy atom. The van der Waals surface area contributed by atoms with Gasteiger partial charge in [-0.2, -0.15) is 0 Å². The van der Waals surface area contributed by atoms with Crippen molar-refractivity contribution in [2.75, 3.05) is 18.6 Å². The maximum atomic E-state index is 12.7. The molecule has 1 unspecified atom stereocenters. The van der Waals surface area contributed by atoms with Crippen molar-refractivity contribution in [3.8, 4) is 0 Å². The second kappa shape index (κ2) is 7.76. The highest BCUT2D eigenvalue weighted by Crippen LogP contribution is 2.32. The molecule has 150 valence electrons. The number of sulfonamides is 1. The molecule has 1 atom stereocenters. The van der Waals surface area contributed by atoms with E-state index in [9.17, 15) is 18.0 Å². The van der Waals surface area contributed by atoms with Crippen molar-refractivity contribution in [2.24, 2.45) is 7.05 Å². The number of carbonyl (C=O) groups is 2. The average Bonchev–Trinajstić information content (AvgIpc) is 3.20. The van der Waals surface area contributed by atoms with Crippen LogP contribution in [0.5, 0.6) is 0 Å². The molecule has 1 aromatic heterocycles. The molecule has 0 spiro atoms. The number of nitrogens with one attached hydrogen (secondary N) is 1. The number of hydrogen-bond acceptors (Lipinski definition) is 5. The van der Waals surface area contributed by atoms with Crippen LogP contribution in [0.3, 0.4) is 0 Å². The highest BCUT2D eigenvalue weighted by Gasteiger charge is 2.30. The van der Waals surface area contributed by atoms with Gasteiger partial charge in [0.2, 0.25) is 15.9 Å². The molecule has 1 amide bonds. The Hall–Kier alpha value is -2.65. The van der Waals surface area contributed by atoms with E-state index in [2.05, 4.69) is 9.46 Å².